The van der Waals surface area contributed by atoms with E-state index in [9.17, 15) is 0 Å². The van der Waals surface area contributed by atoms with E-state index >= 15 is 0 Å². The fourth-order valence-corrected chi connectivity index (χ4v) is 18.9. The number of allylic oxidation sites excluding steroid dienone is 16. The molecule has 0 spiro atoms. The molecule has 0 aromatic heterocycles. The number of nitrogens with zero attached hydrogens (tertiary/aromatic N) is 1. The lowest BCUT2D eigenvalue weighted by molar-refractivity contribution is 0.0671. The molecule has 430 valence electrons. The van der Waals surface area contributed by atoms with Crippen LogP contribution in [0.2, 0.25) is 0 Å². The van der Waals surface area contributed by atoms with E-state index in [0.29, 0.717) is 29.0 Å². The maximum Gasteiger partial charge on any atom is 0.0514 e. The fraction of sp³-hybridized carbons (Fsp3) is 0.737. The van der Waals surface area contributed by atoms with Gasteiger partial charge in [-0.2, -0.15) is 0 Å². The van der Waals surface area contributed by atoms with Gasteiger partial charge in [0.05, 0.1) is 6.04 Å². The molecule has 0 amide bonds. The van der Waals surface area contributed by atoms with Gasteiger partial charge in [-0.25, -0.2) is 0 Å². The zero-order valence-electron chi connectivity index (χ0n) is 51.3. The molecule has 0 aromatic rings. The van der Waals surface area contributed by atoms with Gasteiger partial charge >= 0.3 is 0 Å². The molecule has 5 unspecified atom stereocenters. The molecule has 2 saturated carbocycles. The highest BCUT2D eigenvalue weighted by Crippen LogP contribution is 2.63. The summed E-state index contributed by atoms with van der Waals surface area (Å²) in [6.07, 6.45) is 84.8. The van der Waals surface area contributed by atoms with Crippen molar-refractivity contribution in [3.8, 4) is 0 Å². The summed E-state index contributed by atoms with van der Waals surface area (Å²) in [5, 5.41) is 3.98. The SMILES string of the molecule is CCCCCCCCC1(CCCCCCCC)C2=C(CCC(C3=CC=C(N(C4C=CC(C5(C6CCC(C(C)(CC)CC)CC6)CCCC5)=CC4)C4C=CCCC4)CC3)=C2)C2=C1CC(C1CC=C(NC3C=CCCC3)CC1)CC2. The molecule has 0 heterocycles. The molecule has 2 heteroatoms. The number of nitrogens with one attached hydrogen (secondary N) is 1. The van der Waals surface area contributed by atoms with Gasteiger partial charge in [0.25, 0.3) is 0 Å². The first-order chi connectivity index (χ1) is 38.3. The Morgan fingerprint density at radius 1 is 0.590 bits per heavy atom. The molecule has 10 aliphatic carbocycles. The minimum absolute atomic E-state index is 0.261. The van der Waals surface area contributed by atoms with Crippen LogP contribution in [-0.2, 0) is 0 Å². The van der Waals surface area contributed by atoms with Gasteiger partial charge in [-0.15, -0.1) is 0 Å². The van der Waals surface area contributed by atoms with Gasteiger partial charge in [0.1, 0.15) is 0 Å². The highest BCUT2D eigenvalue weighted by molar-refractivity contribution is 5.62. The molecule has 10 aliphatic rings. The Morgan fingerprint density at radius 3 is 1.90 bits per heavy atom. The van der Waals surface area contributed by atoms with Crippen molar-refractivity contribution in [1.82, 2.24) is 10.2 Å². The second-order valence-electron chi connectivity index (χ2n) is 28.3. The lowest BCUT2D eigenvalue weighted by atomic mass is 9.58. The van der Waals surface area contributed by atoms with E-state index in [2.05, 4.69) is 112 Å². The molecule has 0 radical (unpaired) electrons. The summed E-state index contributed by atoms with van der Waals surface area (Å²) in [6, 6.07) is 1.53. The Kier molecular flexibility index (Phi) is 20.8. The van der Waals surface area contributed by atoms with Crippen LogP contribution >= 0.6 is 0 Å². The van der Waals surface area contributed by atoms with Crippen LogP contribution in [0.4, 0.5) is 0 Å². The number of fused-ring (bicyclic) bond motifs is 1. The average Bonchev–Trinajstić information content (AvgIpc) is 4.30. The van der Waals surface area contributed by atoms with Gasteiger partial charge < -0.3 is 10.2 Å². The maximum atomic E-state index is 3.98. The van der Waals surface area contributed by atoms with Crippen molar-refractivity contribution >= 4 is 0 Å². The van der Waals surface area contributed by atoms with E-state index in [4.69, 9.17) is 0 Å². The molecule has 0 aromatic carbocycles. The van der Waals surface area contributed by atoms with Crippen LogP contribution in [-0.4, -0.2) is 23.0 Å². The first-order valence-corrected chi connectivity index (χ1v) is 34.8. The summed E-state index contributed by atoms with van der Waals surface area (Å²) in [5.74, 6) is 3.49. The predicted molar refractivity (Wildman–Crippen MR) is 337 cm³/mol. The Bertz CT molecular complexity index is 2280. The molecule has 5 atom stereocenters. The zero-order valence-corrected chi connectivity index (χ0v) is 51.3. The van der Waals surface area contributed by atoms with Crippen LogP contribution in [0.3, 0.4) is 0 Å². The Labute approximate surface area is 480 Å². The molecular formula is C76H116N2. The van der Waals surface area contributed by atoms with Crippen LogP contribution in [0, 0.1) is 39.9 Å². The van der Waals surface area contributed by atoms with Crippen molar-refractivity contribution in [2.45, 2.75) is 316 Å². The van der Waals surface area contributed by atoms with Crippen LogP contribution in [0.25, 0.3) is 0 Å². The quantitative estimate of drug-likeness (QED) is 0.0686. The minimum atomic E-state index is 0.261. The van der Waals surface area contributed by atoms with Gasteiger partial charge in [0, 0.05) is 28.9 Å². The monoisotopic (exact) mass is 1060 g/mol. The highest BCUT2D eigenvalue weighted by atomic mass is 15.2. The lowest BCUT2D eigenvalue weighted by Gasteiger charge is -2.48. The summed E-state index contributed by atoms with van der Waals surface area (Å²) in [4.78, 5) is 2.94. The Hall–Kier alpha value is -3.00. The average molecular weight is 1060 g/mol. The number of hydrogen-bond acceptors (Lipinski definition) is 2. The number of rotatable bonds is 26. The highest BCUT2D eigenvalue weighted by Gasteiger charge is 2.49. The number of unbranched alkanes of at least 4 members (excludes halogenated alkanes) is 10. The summed E-state index contributed by atoms with van der Waals surface area (Å²) < 4.78 is 0. The molecule has 0 aliphatic heterocycles. The van der Waals surface area contributed by atoms with Gasteiger partial charge in [-0.05, 0) is 235 Å². The molecule has 2 nitrogen and oxygen atoms in total. The largest absolute Gasteiger partial charge is 0.382 e. The summed E-state index contributed by atoms with van der Waals surface area (Å²) in [6.45, 7) is 12.3. The molecule has 78 heavy (non-hydrogen) atoms. The minimum Gasteiger partial charge on any atom is -0.382 e. The predicted octanol–water partition coefficient (Wildman–Crippen LogP) is 22.4. The maximum absolute atomic E-state index is 3.98. The van der Waals surface area contributed by atoms with E-state index in [1.54, 1.807) is 28.1 Å². The third kappa shape index (κ3) is 13.1. The normalized spacial score (nSPS) is 29.9. The van der Waals surface area contributed by atoms with E-state index < -0.39 is 0 Å². The smallest absolute Gasteiger partial charge is 0.0514 e. The first-order valence-electron chi connectivity index (χ1n) is 34.8. The first kappa shape index (κ1) is 58.2. The second-order valence-corrected chi connectivity index (χ2v) is 28.3. The summed E-state index contributed by atoms with van der Waals surface area (Å²) in [7, 11) is 0. The van der Waals surface area contributed by atoms with E-state index in [1.807, 2.05) is 22.3 Å². The molecular weight excluding hydrogens is 941 g/mol. The Morgan fingerprint density at radius 2 is 1.28 bits per heavy atom. The van der Waals surface area contributed by atoms with Gasteiger partial charge in [0.15, 0.2) is 0 Å². The second kappa shape index (κ2) is 27.8. The lowest BCUT2D eigenvalue weighted by Crippen LogP contribution is -2.43. The van der Waals surface area contributed by atoms with Crippen LogP contribution in [0.1, 0.15) is 298 Å². The van der Waals surface area contributed by atoms with Crippen molar-refractivity contribution < 1.29 is 0 Å². The van der Waals surface area contributed by atoms with Crippen molar-refractivity contribution in [2.24, 2.45) is 39.9 Å². The topological polar surface area (TPSA) is 15.3 Å². The van der Waals surface area contributed by atoms with Crippen LogP contribution < -0.4 is 5.32 Å². The number of hydrogen-bond donors (Lipinski definition) is 1. The summed E-state index contributed by atoms with van der Waals surface area (Å²) >= 11 is 0. The van der Waals surface area contributed by atoms with Crippen molar-refractivity contribution in [2.75, 3.05) is 0 Å². The molecule has 10 rings (SSSR count). The van der Waals surface area contributed by atoms with E-state index in [-0.39, 0.29) is 5.41 Å². The zero-order chi connectivity index (χ0) is 53.8. The van der Waals surface area contributed by atoms with Crippen molar-refractivity contribution in [1.29, 1.82) is 0 Å². The fourth-order valence-electron chi connectivity index (χ4n) is 18.9. The third-order valence-corrected chi connectivity index (χ3v) is 24.1. The van der Waals surface area contributed by atoms with Crippen LogP contribution in [0.5, 0.6) is 0 Å². The molecule has 1 N–H and O–H groups in total. The van der Waals surface area contributed by atoms with Gasteiger partial charge in [-0.3, -0.25) is 0 Å². The Balaban J connectivity index is 0.887. The standard InChI is InChI=1S/C76H116N2/c1-6-10-12-14-16-24-54-76(55-25-17-15-13-11-7-2)72-56-60(58-32-44-66(45-33-58)77-65-28-20-18-21-29-65)36-50-70(72)71-51-37-61(57-73(71)76)59-34-46-68(47-35-59)78(67-30-22-19-23-31-67)69-48-42-64(43-49-69)75(52-26-27-53-75)63-40-38-62(39-41-63)74(5,8-3)9-4/h20,22,28,30,34,42-44,46,48,57-58,60,62-63,65,67,69,77H,6-19,21,23-27,29,31-33,35-41,45,47,49-56H2,1-5H3. The van der Waals surface area contributed by atoms with Gasteiger partial charge in [-0.1, -0.05) is 204 Å². The molecule has 0 bridgehead atoms. The van der Waals surface area contributed by atoms with E-state index in [0.717, 1.165) is 23.7 Å². The molecule has 2 fully saturated rings. The third-order valence-electron chi connectivity index (χ3n) is 24.1. The van der Waals surface area contributed by atoms with Gasteiger partial charge in [0.2, 0.25) is 0 Å². The summed E-state index contributed by atoms with van der Waals surface area (Å²) in [5.41, 5.74) is 17.1. The van der Waals surface area contributed by atoms with Crippen molar-refractivity contribution in [3.63, 3.8) is 0 Å². The van der Waals surface area contributed by atoms with Crippen molar-refractivity contribution in [3.05, 3.63) is 117 Å². The van der Waals surface area contributed by atoms with E-state index in [1.165, 1.54) is 263 Å². The van der Waals surface area contributed by atoms with Crippen LogP contribution in [0.15, 0.2) is 117 Å². The molecule has 0 saturated heterocycles.